The highest BCUT2D eigenvalue weighted by Gasteiger charge is 2.22. The molecule has 442 valence electrons. The van der Waals surface area contributed by atoms with Crippen LogP contribution in [0.2, 0.25) is 0 Å². The van der Waals surface area contributed by atoms with E-state index in [2.05, 4.69) is 0 Å². The zero-order chi connectivity index (χ0) is 60.5. The minimum atomic E-state index is -0.952. The van der Waals surface area contributed by atoms with Crippen LogP contribution in [0.3, 0.4) is 0 Å². The Morgan fingerprint density at radius 3 is 0.976 bits per heavy atom. The standard InChI is InChI=1S/C46H42O8.C16H14O10.C4H8O/c1-33-25-39(26-41(34(33)2)51-29-35-15-7-3-8-16-35)45(47)49-23-24-50-46(48)40-27-42(52-30-36-17-9-4-10-18-36)44(54-32-38-21-13-6-14-22-38)43(28-40)53-31-37-19-11-5-12-20-37;17-9-3-7(4-10(18)13(9)21)15(23)25-1-2-26-16(24)8-5-11(19)14(22)12(20)6-8;1-2-4-5-3-1/h3-22,25-28H,23-24,29-32H2,1-2H3;3-6,17-22H,1-2H2;1-4H2. The third-order valence-electron chi connectivity index (χ3n) is 12.6. The first-order valence-electron chi connectivity index (χ1n) is 26.9. The quantitative estimate of drug-likeness (QED) is 0.0159. The molecule has 0 radical (unpaired) electrons. The summed E-state index contributed by atoms with van der Waals surface area (Å²) >= 11 is 0. The number of hydrogen-bond donors (Lipinski definition) is 6. The fraction of sp³-hybridized carbons (Fsp3) is 0.212. The second kappa shape index (κ2) is 31.7. The first-order chi connectivity index (χ1) is 41.1. The summed E-state index contributed by atoms with van der Waals surface area (Å²) in [7, 11) is 0. The number of aryl methyl sites for hydroxylation is 1. The lowest BCUT2D eigenvalue weighted by atomic mass is 10.0. The van der Waals surface area contributed by atoms with Gasteiger partial charge in [0.15, 0.2) is 46.0 Å². The molecular formula is C66H64O19. The lowest BCUT2D eigenvalue weighted by Gasteiger charge is -2.19. The fourth-order valence-corrected chi connectivity index (χ4v) is 7.91. The molecule has 85 heavy (non-hydrogen) atoms. The molecule has 0 bridgehead atoms. The van der Waals surface area contributed by atoms with Crippen molar-refractivity contribution < 1.29 is 92.4 Å². The molecule has 1 fully saturated rings. The average Bonchev–Trinajstić information content (AvgIpc) is 4.26. The Morgan fingerprint density at radius 2 is 0.659 bits per heavy atom. The number of aromatic hydroxyl groups is 6. The van der Waals surface area contributed by atoms with Gasteiger partial charge >= 0.3 is 23.9 Å². The summed E-state index contributed by atoms with van der Waals surface area (Å²) in [6.07, 6.45) is 2.56. The van der Waals surface area contributed by atoms with Crippen molar-refractivity contribution in [2.24, 2.45) is 0 Å². The van der Waals surface area contributed by atoms with E-state index in [0.29, 0.717) is 35.2 Å². The maximum absolute atomic E-state index is 13.5. The van der Waals surface area contributed by atoms with Crippen molar-refractivity contribution in [3.05, 3.63) is 225 Å². The van der Waals surface area contributed by atoms with Crippen LogP contribution in [0.4, 0.5) is 0 Å². The largest absolute Gasteiger partial charge is 0.504 e. The van der Waals surface area contributed by atoms with Crippen LogP contribution in [0.15, 0.2) is 170 Å². The summed E-state index contributed by atoms with van der Waals surface area (Å²) in [5.74, 6) is -5.91. The van der Waals surface area contributed by atoms with Gasteiger partial charge in [-0.3, -0.25) is 0 Å². The van der Waals surface area contributed by atoms with Crippen LogP contribution in [0.5, 0.6) is 57.5 Å². The van der Waals surface area contributed by atoms with E-state index >= 15 is 0 Å². The number of carbonyl (C=O) groups is 4. The van der Waals surface area contributed by atoms with Gasteiger partial charge in [-0.2, -0.15) is 0 Å². The molecule has 9 rings (SSSR count). The molecule has 0 atom stereocenters. The number of rotatable bonds is 22. The second-order valence-corrected chi connectivity index (χ2v) is 18.9. The molecule has 1 heterocycles. The maximum Gasteiger partial charge on any atom is 0.338 e. The van der Waals surface area contributed by atoms with Crippen LogP contribution in [0.25, 0.3) is 0 Å². The molecule has 0 saturated carbocycles. The van der Waals surface area contributed by atoms with Crippen LogP contribution < -0.4 is 18.9 Å². The van der Waals surface area contributed by atoms with Gasteiger partial charge in [0.1, 0.15) is 58.6 Å². The smallest absolute Gasteiger partial charge is 0.338 e. The van der Waals surface area contributed by atoms with Gasteiger partial charge in [-0.05, 0) is 109 Å². The van der Waals surface area contributed by atoms with E-state index in [0.717, 1.165) is 70.9 Å². The zero-order valence-electron chi connectivity index (χ0n) is 46.6. The average molecular weight is 1160 g/mol. The predicted octanol–water partition coefficient (Wildman–Crippen LogP) is 11.4. The molecular weight excluding hydrogens is 1100 g/mol. The maximum atomic E-state index is 13.5. The molecule has 8 aromatic carbocycles. The highest BCUT2D eigenvalue weighted by atomic mass is 16.6. The van der Waals surface area contributed by atoms with Gasteiger partial charge in [0.05, 0.1) is 22.3 Å². The Morgan fingerprint density at radius 1 is 0.376 bits per heavy atom. The van der Waals surface area contributed by atoms with E-state index in [9.17, 15) is 49.8 Å². The monoisotopic (exact) mass is 1160 g/mol. The summed E-state index contributed by atoms with van der Waals surface area (Å²) < 4.78 is 50.5. The zero-order valence-corrected chi connectivity index (χ0v) is 46.6. The van der Waals surface area contributed by atoms with Gasteiger partial charge in [0.25, 0.3) is 0 Å². The van der Waals surface area contributed by atoms with Gasteiger partial charge in [-0.15, -0.1) is 0 Å². The molecule has 0 spiro atoms. The van der Waals surface area contributed by atoms with E-state index in [4.69, 9.17) is 42.6 Å². The van der Waals surface area contributed by atoms with E-state index in [-0.39, 0.29) is 62.9 Å². The summed E-state index contributed by atoms with van der Waals surface area (Å²) in [5.41, 5.74) is 5.73. The first kappa shape index (κ1) is 62.2. The topological polar surface area (TPSA) is 273 Å². The summed E-state index contributed by atoms with van der Waals surface area (Å²) in [5, 5.41) is 55.7. The third kappa shape index (κ3) is 19.1. The minimum Gasteiger partial charge on any atom is -0.504 e. The van der Waals surface area contributed by atoms with E-state index in [1.165, 1.54) is 12.8 Å². The van der Waals surface area contributed by atoms with E-state index in [1.54, 1.807) is 24.3 Å². The van der Waals surface area contributed by atoms with Crippen molar-refractivity contribution in [2.45, 2.75) is 53.1 Å². The number of benzene rings is 8. The number of ether oxygens (including phenoxy) is 9. The summed E-state index contributed by atoms with van der Waals surface area (Å²) in [4.78, 5) is 50.0. The van der Waals surface area contributed by atoms with Gasteiger partial charge in [-0.25, -0.2) is 19.2 Å². The number of phenolic OH excluding ortho intramolecular Hbond substituents is 6. The van der Waals surface area contributed by atoms with Crippen molar-refractivity contribution in [2.75, 3.05) is 39.6 Å². The number of esters is 4. The molecule has 0 amide bonds. The van der Waals surface area contributed by atoms with Gasteiger partial charge < -0.3 is 73.3 Å². The third-order valence-corrected chi connectivity index (χ3v) is 12.6. The van der Waals surface area contributed by atoms with Gasteiger partial charge in [0.2, 0.25) is 5.75 Å². The molecule has 0 unspecified atom stereocenters. The summed E-state index contributed by atoms with van der Waals surface area (Å²) in [6, 6.07) is 49.1. The van der Waals surface area contributed by atoms with Crippen molar-refractivity contribution in [1.82, 2.24) is 0 Å². The molecule has 1 aliphatic heterocycles. The molecule has 6 N–H and O–H groups in total. The van der Waals surface area contributed by atoms with Crippen molar-refractivity contribution in [1.29, 1.82) is 0 Å². The van der Waals surface area contributed by atoms with Crippen LogP contribution >= 0.6 is 0 Å². The highest BCUT2D eigenvalue weighted by molar-refractivity contribution is 5.93. The van der Waals surface area contributed by atoms with Crippen LogP contribution in [0.1, 0.15) is 87.7 Å². The van der Waals surface area contributed by atoms with Crippen LogP contribution in [-0.2, 0) is 50.1 Å². The SMILES string of the molecule is C1CCOC1.Cc1cc(C(=O)OCCOC(=O)c2cc(OCc3ccccc3)c(OCc3ccccc3)c(OCc3ccccc3)c2)cc(OCc2ccccc2)c1C.O=C(OCCOC(=O)c1cc(O)c(O)c(O)c1)c1cc(O)c(O)c(O)c1. The minimum absolute atomic E-state index is 0.148. The molecule has 1 aliphatic rings. The Bertz CT molecular complexity index is 3290. The predicted molar refractivity (Wildman–Crippen MR) is 310 cm³/mol. The number of phenols is 6. The second-order valence-electron chi connectivity index (χ2n) is 18.9. The Kier molecular flexibility index (Phi) is 23.2. The Labute approximate surface area is 490 Å². The normalized spacial score (nSPS) is 11.3. The van der Waals surface area contributed by atoms with E-state index in [1.807, 2.05) is 135 Å². The molecule has 19 heteroatoms. The van der Waals surface area contributed by atoms with Gasteiger partial charge in [0, 0.05) is 13.2 Å². The molecule has 8 aromatic rings. The van der Waals surface area contributed by atoms with Crippen molar-refractivity contribution >= 4 is 23.9 Å². The highest BCUT2D eigenvalue weighted by Crippen LogP contribution is 2.41. The van der Waals surface area contributed by atoms with Crippen LogP contribution in [-0.4, -0.2) is 94.2 Å². The molecule has 1 saturated heterocycles. The lowest BCUT2D eigenvalue weighted by molar-refractivity contribution is 0.0265. The molecule has 19 nitrogen and oxygen atoms in total. The van der Waals surface area contributed by atoms with Gasteiger partial charge in [-0.1, -0.05) is 121 Å². The fourth-order valence-electron chi connectivity index (χ4n) is 7.91. The van der Waals surface area contributed by atoms with Crippen molar-refractivity contribution in [3.8, 4) is 57.5 Å². The first-order valence-corrected chi connectivity index (χ1v) is 26.9. The Hall–Kier alpha value is -10.4. The number of carbonyl (C=O) groups excluding carboxylic acids is 4. The lowest BCUT2D eigenvalue weighted by Crippen LogP contribution is -2.15. The summed E-state index contributed by atoms with van der Waals surface area (Å²) in [6.45, 7) is 5.88. The Balaban J connectivity index is 0.000000276. The number of hydrogen-bond acceptors (Lipinski definition) is 19. The van der Waals surface area contributed by atoms with Crippen molar-refractivity contribution in [3.63, 3.8) is 0 Å². The molecule has 0 aromatic heterocycles. The van der Waals surface area contributed by atoms with Crippen LogP contribution in [0, 0.1) is 13.8 Å². The molecule has 0 aliphatic carbocycles. The van der Waals surface area contributed by atoms with E-state index < -0.39 is 58.4 Å².